The van der Waals surface area contributed by atoms with Crippen LogP contribution in [0.4, 0.5) is 10.1 Å². The van der Waals surface area contributed by atoms with Crippen LogP contribution in [0, 0.1) is 19.7 Å². The number of hydrogen-bond acceptors (Lipinski definition) is 2. The summed E-state index contributed by atoms with van der Waals surface area (Å²) in [6.07, 6.45) is 0.202. The molecule has 0 spiro atoms. The molecule has 2 rings (SSSR count). The molecule has 0 aromatic heterocycles. The number of carbonyl (C=O) groups is 2. The third kappa shape index (κ3) is 5.41. The van der Waals surface area contributed by atoms with E-state index in [2.05, 4.69) is 5.32 Å². The van der Waals surface area contributed by atoms with E-state index >= 15 is 0 Å². The first-order valence-electron chi connectivity index (χ1n) is 8.23. The molecule has 0 radical (unpaired) electrons. The van der Waals surface area contributed by atoms with Crippen LogP contribution < -0.4 is 10.2 Å². The van der Waals surface area contributed by atoms with Gasteiger partial charge in [-0.15, -0.1) is 0 Å². The number of hydrogen-bond donors (Lipinski definition) is 1. The molecule has 0 aliphatic rings. The van der Waals surface area contributed by atoms with E-state index in [-0.39, 0.29) is 24.1 Å². The number of carbonyl (C=O) groups excluding carboxylic acids is 2. The summed E-state index contributed by atoms with van der Waals surface area (Å²) in [7, 11) is 0. The highest BCUT2D eigenvalue weighted by atomic mass is 19.1. The molecule has 1 N–H and O–H groups in total. The van der Waals surface area contributed by atoms with Gasteiger partial charge >= 0.3 is 0 Å². The van der Waals surface area contributed by atoms with E-state index in [1.54, 1.807) is 17.0 Å². The first-order valence-corrected chi connectivity index (χ1v) is 8.23. The Hall–Kier alpha value is -2.69. The van der Waals surface area contributed by atoms with E-state index < -0.39 is 0 Å². The maximum atomic E-state index is 12.9. The maximum Gasteiger partial charge on any atom is 0.223 e. The summed E-state index contributed by atoms with van der Waals surface area (Å²) in [6, 6.07) is 11.9. The Morgan fingerprint density at radius 2 is 1.76 bits per heavy atom. The quantitative estimate of drug-likeness (QED) is 0.873. The summed E-state index contributed by atoms with van der Waals surface area (Å²) in [5.41, 5.74) is 3.78. The summed E-state index contributed by atoms with van der Waals surface area (Å²) < 4.78 is 12.9. The third-order valence-electron chi connectivity index (χ3n) is 3.99. The monoisotopic (exact) mass is 342 g/mol. The molecule has 2 aromatic rings. The smallest absolute Gasteiger partial charge is 0.223 e. The zero-order valence-corrected chi connectivity index (χ0v) is 14.8. The van der Waals surface area contributed by atoms with Crippen molar-refractivity contribution < 1.29 is 14.0 Å². The lowest BCUT2D eigenvalue weighted by Gasteiger charge is -2.23. The highest BCUT2D eigenvalue weighted by Gasteiger charge is 2.15. The summed E-state index contributed by atoms with van der Waals surface area (Å²) >= 11 is 0. The molecule has 4 nitrogen and oxygen atoms in total. The first-order chi connectivity index (χ1) is 11.9. The van der Waals surface area contributed by atoms with Gasteiger partial charge < -0.3 is 10.2 Å². The fourth-order valence-electron chi connectivity index (χ4n) is 2.66. The van der Waals surface area contributed by atoms with Crippen molar-refractivity contribution in [1.82, 2.24) is 5.32 Å². The average Bonchev–Trinajstić information content (AvgIpc) is 2.56. The Morgan fingerprint density at radius 1 is 1.08 bits per heavy atom. The van der Waals surface area contributed by atoms with Crippen LogP contribution in [-0.4, -0.2) is 18.4 Å². The van der Waals surface area contributed by atoms with E-state index in [4.69, 9.17) is 0 Å². The SMILES string of the molecule is CC(=O)N(CCC(=O)NCc1ccc(F)cc1)c1ccc(C)cc1C. The van der Waals surface area contributed by atoms with Crippen molar-refractivity contribution in [1.29, 1.82) is 0 Å². The van der Waals surface area contributed by atoms with Gasteiger partial charge in [0.1, 0.15) is 5.82 Å². The number of anilines is 1. The molecule has 25 heavy (non-hydrogen) atoms. The maximum absolute atomic E-state index is 12.9. The van der Waals surface area contributed by atoms with Crippen molar-refractivity contribution in [3.05, 3.63) is 65.0 Å². The minimum absolute atomic E-state index is 0.0988. The van der Waals surface area contributed by atoms with Crippen LogP contribution in [0.1, 0.15) is 30.0 Å². The molecule has 5 heteroatoms. The van der Waals surface area contributed by atoms with Gasteiger partial charge in [-0.1, -0.05) is 29.8 Å². The molecule has 0 atom stereocenters. The standard InChI is InChI=1S/C20H23FN2O2/c1-14-4-9-19(15(2)12-14)23(16(3)24)11-10-20(25)22-13-17-5-7-18(21)8-6-17/h4-9,12H,10-11,13H2,1-3H3,(H,22,25). The summed E-state index contributed by atoms with van der Waals surface area (Å²) in [5.74, 6) is -0.556. The van der Waals surface area contributed by atoms with Crippen molar-refractivity contribution in [2.75, 3.05) is 11.4 Å². The van der Waals surface area contributed by atoms with Gasteiger partial charge in [0.25, 0.3) is 0 Å². The zero-order valence-electron chi connectivity index (χ0n) is 14.8. The summed E-state index contributed by atoms with van der Waals surface area (Å²) in [5, 5.41) is 2.79. The van der Waals surface area contributed by atoms with Crippen molar-refractivity contribution >= 4 is 17.5 Å². The fraction of sp³-hybridized carbons (Fsp3) is 0.300. The van der Waals surface area contributed by atoms with E-state index in [1.807, 2.05) is 32.0 Å². The summed E-state index contributed by atoms with van der Waals surface area (Å²) in [6.45, 7) is 6.09. The molecular formula is C20H23FN2O2. The van der Waals surface area contributed by atoms with E-state index in [1.165, 1.54) is 19.1 Å². The number of benzene rings is 2. The lowest BCUT2D eigenvalue weighted by Crippen LogP contribution is -2.34. The van der Waals surface area contributed by atoms with Gasteiger partial charge in [-0.05, 0) is 43.2 Å². The fourth-order valence-corrected chi connectivity index (χ4v) is 2.66. The van der Waals surface area contributed by atoms with E-state index in [0.717, 1.165) is 22.4 Å². The largest absolute Gasteiger partial charge is 0.352 e. The lowest BCUT2D eigenvalue weighted by molar-refractivity contribution is -0.121. The second-order valence-corrected chi connectivity index (χ2v) is 6.11. The molecule has 0 heterocycles. The number of nitrogens with one attached hydrogen (secondary N) is 1. The van der Waals surface area contributed by atoms with Crippen LogP contribution in [0.2, 0.25) is 0 Å². The van der Waals surface area contributed by atoms with Gasteiger partial charge in [-0.25, -0.2) is 4.39 Å². The minimum atomic E-state index is -0.305. The van der Waals surface area contributed by atoms with Crippen LogP contribution in [0.3, 0.4) is 0 Å². The minimum Gasteiger partial charge on any atom is -0.352 e. The second kappa shape index (κ2) is 8.42. The van der Waals surface area contributed by atoms with Gasteiger partial charge in [0.15, 0.2) is 0 Å². The number of rotatable bonds is 6. The van der Waals surface area contributed by atoms with Gasteiger partial charge in [-0.2, -0.15) is 0 Å². The molecule has 2 amide bonds. The topological polar surface area (TPSA) is 49.4 Å². The predicted molar refractivity (Wildman–Crippen MR) is 96.8 cm³/mol. The number of halogens is 1. The van der Waals surface area contributed by atoms with Gasteiger partial charge in [0.05, 0.1) is 0 Å². The van der Waals surface area contributed by atoms with Gasteiger partial charge in [-0.3, -0.25) is 9.59 Å². The molecule has 132 valence electrons. The van der Waals surface area contributed by atoms with Crippen molar-refractivity contribution in [3.63, 3.8) is 0 Å². The van der Waals surface area contributed by atoms with Gasteiger partial charge in [0, 0.05) is 32.1 Å². The van der Waals surface area contributed by atoms with E-state index in [9.17, 15) is 14.0 Å². The van der Waals surface area contributed by atoms with Crippen molar-refractivity contribution in [2.24, 2.45) is 0 Å². The number of amides is 2. The Balaban J connectivity index is 1.93. The average molecular weight is 342 g/mol. The molecule has 0 bridgehead atoms. The molecular weight excluding hydrogens is 319 g/mol. The molecule has 0 saturated carbocycles. The zero-order chi connectivity index (χ0) is 18.4. The molecule has 0 fully saturated rings. The normalized spacial score (nSPS) is 10.4. The van der Waals surface area contributed by atoms with Crippen LogP contribution in [0.25, 0.3) is 0 Å². The molecule has 0 aliphatic carbocycles. The molecule has 0 aliphatic heterocycles. The van der Waals surface area contributed by atoms with Crippen LogP contribution in [0.15, 0.2) is 42.5 Å². The Kier molecular flexibility index (Phi) is 6.28. The lowest BCUT2D eigenvalue weighted by atomic mass is 10.1. The molecule has 0 unspecified atom stereocenters. The van der Waals surface area contributed by atoms with Crippen molar-refractivity contribution in [2.45, 2.75) is 33.7 Å². The third-order valence-corrected chi connectivity index (χ3v) is 3.99. The van der Waals surface area contributed by atoms with Crippen molar-refractivity contribution in [3.8, 4) is 0 Å². The first kappa shape index (κ1) is 18.6. The molecule has 2 aromatic carbocycles. The van der Waals surface area contributed by atoms with E-state index in [0.29, 0.717) is 13.1 Å². The number of nitrogens with zero attached hydrogens (tertiary/aromatic N) is 1. The van der Waals surface area contributed by atoms with Crippen LogP contribution >= 0.6 is 0 Å². The van der Waals surface area contributed by atoms with Crippen LogP contribution in [-0.2, 0) is 16.1 Å². The molecule has 0 saturated heterocycles. The summed E-state index contributed by atoms with van der Waals surface area (Å²) in [4.78, 5) is 25.6. The highest BCUT2D eigenvalue weighted by Crippen LogP contribution is 2.21. The Bertz CT molecular complexity index is 757. The highest BCUT2D eigenvalue weighted by molar-refractivity contribution is 5.93. The van der Waals surface area contributed by atoms with Crippen LogP contribution in [0.5, 0.6) is 0 Å². The Labute approximate surface area is 147 Å². The Morgan fingerprint density at radius 3 is 2.36 bits per heavy atom. The second-order valence-electron chi connectivity index (χ2n) is 6.11. The predicted octanol–water partition coefficient (Wildman–Crippen LogP) is 3.50. The number of aryl methyl sites for hydroxylation is 2. The van der Waals surface area contributed by atoms with Gasteiger partial charge in [0.2, 0.25) is 11.8 Å².